The molecule has 2 fully saturated rings. The number of hydrogen-bond acceptors (Lipinski definition) is 2. The first-order chi connectivity index (χ1) is 10.9. The van der Waals surface area contributed by atoms with E-state index in [1.165, 1.54) is 24.8 Å². The van der Waals surface area contributed by atoms with Gasteiger partial charge in [-0.25, -0.2) is 0 Å². The SMILES string of the molecule is CC1(C)CCC[C@]2(C)C(COCc3ccccc3)C(=O)CCC12. The summed E-state index contributed by atoms with van der Waals surface area (Å²) in [5.41, 5.74) is 1.65. The maximum atomic E-state index is 12.6. The van der Waals surface area contributed by atoms with E-state index in [2.05, 4.69) is 32.9 Å². The second-order valence-corrected chi connectivity index (χ2v) is 8.46. The summed E-state index contributed by atoms with van der Waals surface area (Å²) in [6, 6.07) is 10.2. The summed E-state index contributed by atoms with van der Waals surface area (Å²) in [5.74, 6) is 1.14. The van der Waals surface area contributed by atoms with Crippen LogP contribution in [0, 0.1) is 22.7 Å². The number of rotatable bonds is 4. The molecule has 0 spiro atoms. The minimum atomic E-state index is 0.0736. The van der Waals surface area contributed by atoms with Crippen molar-refractivity contribution in [3.63, 3.8) is 0 Å². The highest BCUT2D eigenvalue weighted by atomic mass is 16.5. The molecule has 23 heavy (non-hydrogen) atoms. The van der Waals surface area contributed by atoms with Gasteiger partial charge in [0.05, 0.1) is 13.2 Å². The van der Waals surface area contributed by atoms with Gasteiger partial charge in [-0.2, -0.15) is 0 Å². The van der Waals surface area contributed by atoms with Gasteiger partial charge >= 0.3 is 0 Å². The fourth-order valence-corrected chi connectivity index (χ4v) is 5.28. The van der Waals surface area contributed by atoms with E-state index in [0.717, 1.165) is 12.8 Å². The Morgan fingerprint density at radius 3 is 2.61 bits per heavy atom. The van der Waals surface area contributed by atoms with Crippen LogP contribution in [0.5, 0.6) is 0 Å². The first-order valence-electron chi connectivity index (χ1n) is 9.08. The second kappa shape index (κ2) is 6.39. The Balaban J connectivity index is 1.70. The molecular formula is C21H30O2. The molecule has 0 bridgehead atoms. The van der Waals surface area contributed by atoms with Gasteiger partial charge < -0.3 is 4.74 Å². The smallest absolute Gasteiger partial charge is 0.138 e. The van der Waals surface area contributed by atoms with Crippen LogP contribution in [-0.4, -0.2) is 12.4 Å². The van der Waals surface area contributed by atoms with Crippen molar-refractivity contribution in [3.8, 4) is 0 Å². The van der Waals surface area contributed by atoms with Gasteiger partial charge in [0.15, 0.2) is 0 Å². The third kappa shape index (κ3) is 3.24. The highest BCUT2D eigenvalue weighted by molar-refractivity contribution is 5.83. The lowest BCUT2D eigenvalue weighted by Gasteiger charge is -2.56. The molecule has 2 nitrogen and oxygen atoms in total. The Labute approximate surface area is 140 Å². The molecule has 0 heterocycles. The Kier molecular flexibility index (Phi) is 4.64. The molecule has 2 saturated carbocycles. The minimum absolute atomic E-state index is 0.0736. The van der Waals surface area contributed by atoms with E-state index >= 15 is 0 Å². The third-order valence-electron chi connectivity index (χ3n) is 6.54. The zero-order valence-corrected chi connectivity index (χ0v) is 14.8. The van der Waals surface area contributed by atoms with Crippen LogP contribution in [-0.2, 0) is 16.1 Å². The van der Waals surface area contributed by atoms with Crippen molar-refractivity contribution in [2.45, 2.75) is 59.5 Å². The fraction of sp³-hybridized carbons (Fsp3) is 0.667. The van der Waals surface area contributed by atoms with E-state index < -0.39 is 0 Å². The number of fused-ring (bicyclic) bond motifs is 1. The fourth-order valence-electron chi connectivity index (χ4n) is 5.28. The maximum absolute atomic E-state index is 12.6. The summed E-state index contributed by atoms with van der Waals surface area (Å²) in [4.78, 5) is 12.6. The van der Waals surface area contributed by atoms with Gasteiger partial charge in [0.25, 0.3) is 0 Å². The number of carbonyl (C=O) groups is 1. The molecule has 0 amide bonds. The first kappa shape index (κ1) is 16.7. The normalized spacial score (nSPS) is 33.3. The van der Waals surface area contributed by atoms with E-state index in [1.807, 2.05) is 18.2 Å². The maximum Gasteiger partial charge on any atom is 0.138 e. The van der Waals surface area contributed by atoms with Gasteiger partial charge in [0, 0.05) is 12.3 Å². The predicted octanol–water partition coefficient (Wildman–Crippen LogP) is 5.01. The van der Waals surface area contributed by atoms with Crippen LogP contribution in [0.4, 0.5) is 0 Å². The van der Waals surface area contributed by atoms with Crippen LogP contribution >= 0.6 is 0 Å². The van der Waals surface area contributed by atoms with E-state index in [9.17, 15) is 4.79 Å². The van der Waals surface area contributed by atoms with Crippen molar-refractivity contribution in [1.82, 2.24) is 0 Å². The van der Waals surface area contributed by atoms with Crippen molar-refractivity contribution in [2.24, 2.45) is 22.7 Å². The number of Topliss-reactive ketones (excluding diaryl/α,β-unsaturated/α-hetero) is 1. The van der Waals surface area contributed by atoms with Crippen LogP contribution in [0.2, 0.25) is 0 Å². The summed E-state index contributed by atoms with van der Waals surface area (Å²) in [5, 5.41) is 0. The van der Waals surface area contributed by atoms with Crippen LogP contribution in [0.25, 0.3) is 0 Å². The lowest BCUT2D eigenvalue weighted by molar-refractivity contribution is -0.149. The monoisotopic (exact) mass is 314 g/mol. The Morgan fingerprint density at radius 1 is 1.13 bits per heavy atom. The van der Waals surface area contributed by atoms with E-state index in [1.54, 1.807) is 0 Å². The molecule has 3 rings (SSSR count). The molecule has 0 saturated heterocycles. The predicted molar refractivity (Wildman–Crippen MR) is 93.1 cm³/mol. The van der Waals surface area contributed by atoms with Crippen LogP contribution in [0.3, 0.4) is 0 Å². The van der Waals surface area contributed by atoms with Crippen molar-refractivity contribution < 1.29 is 9.53 Å². The molecule has 0 aliphatic heterocycles. The lowest BCUT2D eigenvalue weighted by Crippen LogP contribution is -2.53. The summed E-state index contributed by atoms with van der Waals surface area (Å²) in [6.45, 7) is 8.33. The molecule has 2 aliphatic carbocycles. The van der Waals surface area contributed by atoms with Crippen LogP contribution in [0.1, 0.15) is 58.4 Å². The number of benzene rings is 1. The van der Waals surface area contributed by atoms with Gasteiger partial charge in [-0.3, -0.25) is 4.79 Å². The average molecular weight is 314 g/mol. The van der Waals surface area contributed by atoms with Crippen molar-refractivity contribution in [2.75, 3.05) is 6.61 Å². The zero-order chi connectivity index (χ0) is 16.5. The quantitative estimate of drug-likeness (QED) is 0.780. The standard InChI is InChI=1S/C21H30O2/c1-20(2)12-7-13-21(3)17(18(22)10-11-19(20)21)15-23-14-16-8-5-4-6-9-16/h4-6,8-9,17,19H,7,10-15H2,1-3H3/t17?,19?,21-/m1/s1. The number of ketones is 1. The third-order valence-corrected chi connectivity index (χ3v) is 6.54. The molecule has 1 aromatic carbocycles. The molecule has 0 N–H and O–H groups in total. The highest BCUT2D eigenvalue weighted by Crippen LogP contribution is 2.58. The summed E-state index contributed by atoms with van der Waals surface area (Å²) < 4.78 is 5.99. The summed E-state index contributed by atoms with van der Waals surface area (Å²) in [6.07, 6.45) is 5.51. The second-order valence-electron chi connectivity index (χ2n) is 8.46. The van der Waals surface area contributed by atoms with Gasteiger partial charge in [-0.1, -0.05) is 57.5 Å². The molecule has 2 heteroatoms. The van der Waals surface area contributed by atoms with Gasteiger partial charge in [0.1, 0.15) is 5.78 Å². The van der Waals surface area contributed by atoms with E-state index in [4.69, 9.17) is 4.74 Å². The molecule has 0 radical (unpaired) electrons. The molecule has 3 atom stereocenters. The number of carbonyl (C=O) groups excluding carboxylic acids is 1. The largest absolute Gasteiger partial charge is 0.376 e. The topological polar surface area (TPSA) is 26.3 Å². The van der Waals surface area contributed by atoms with Gasteiger partial charge in [-0.05, 0) is 41.6 Å². The Hall–Kier alpha value is -1.15. The van der Waals surface area contributed by atoms with E-state index in [0.29, 0.717) is 30.3 Å². The van der Waals surface area contributed by atoms with Crippen molar-refractivity contribution >= 4 is 5.78 Å². The van der Waals surface area contributed by atoms with Crippen LogP contribution < -0.4 is 0 Å². The molecule has 2 aliphatic rings. The average Bonchev–Trinajstić information content (AvgIpc) is 2.50. The van der Waals surface area contributed by atoms with E-state index in [-0.39, 0.29) is 11.3 Å². The van der Waals surface area contributed by atoms with Crippen molar-refractivity contribution in [3.05, 3.63) is 35.9 Å². The molecule has 0 aromatic heterocycles. The first-order valence-corrected chi connectivity index (χ1v) is 9.08. The Morgan fingerprint density at radius 2 is 1.87 bits per heavy atom. The number of hydrogen-bond donors (Lipinski definition) is 0. The van der Waals surface area contributed by atoms with Crippen molar-refractivity contribution in [1.29, 1.82) is 0 Å². The van der Waals surface area contributed by atoms with Gasteiger partial charge in [-0.15, -0.1) is 0 Å². The zero-order valence-electron chi connectivity index (χ0n) is 14.8. The summed E-state index contributed by atoms with van der Waals surface area (Å²) >= 11 is 0. The summed E-state index contributed by atoms with van der Waals surface area (Å²) in [7, 11) is 0. The lowest BCUT2D eigenvalue weighted by atomic mass is 9.48. The molecule has 2 unspecified atom stereocenters. The molecule has 1 aromatic rings. The van der Waals surface area contributed by atoms with Crippen LogP contribution in [0.15, 0.2) is 30.3 Å². The van der Waals surface area contributed by atoms with Gasteiger partial charge in [0.2, 0.25) is 0 Å². The molecule has 126 valence electrons. The Bertz CT molecular complexity index is 548. The minimum Gasteiger partial charge on any atom is -0.376 e. The molecular weight excluding hydrogens is 284 g/mol. The number of ether oxygens (including phenoxy) is 1. The highest BCUT2D eigenvalue weighted by Gasteiger charge is 2.54.